The van der Waals surface area contributed by atoms with E-state index in [2.05, 4.69) is 37.0 Å². The molecular formula is C16H18Br2FN3O2. The Balaban J connectivity index is 2.21. The molecule has 5 nitrogen and oxygen atoms in total. The third-order valence-electron chi connectivity index (χ3n) is 3.51. The van der Waals surface area contributed by atoms with Crippen LogP contribution in [0.25, 0.3) is 0 Å². The van der Waals surface area contributed by atoms with Gasteiger partial charge in [0.25, 0.3) is 5.91 Å². The van der Waals surface area contributed by atoms with Gasteiger partial charge in [-0.2, -0.15) is 5.10 Å². The van der Waals surface area contributed by atoms with E-state index in [0.717, 1.165) is 14.5 Å². The molecule has 0 fully saturated rings. The number of nitrogens with zero attached hydrogens (tertiary/aromatic N) is 3. The third kappa shape index (κ3) is 4.43. The van der Waals surface area contributed by atoms with Crippen molar-refractivity contribution >= 4 is 37.8 Å². The van der Waals surface area contributed by atoms with Crippen LogP contribution in [0.2, 0.25) is 0 Å². The summed E-state index contributed by atoms with van der Waals surface area (Å²) in [5.41, 5.74) is 1.36. The molecule has 2 aromatic rings. The molecule has 130 valence electrons. The maximum atomic E-state index is 13.1. The topological polar surface area (TPSA) is 47.4 Å². The van der Waals surface area contributed by atoms with Crippen LogP contribution in [0.5, 0.6) is 0 Å². The summed E-state index contributed by atoms with van der Waals surface area (Å²) in [6, 6.07) is 5.67. The number of aromatic nitrogens is 2. The smallest absolute Gasteiger partial charge is 0.275 e. The van der Waals surface area contributed by atoms with Crippen molar-refractivity contribution in [3.63, 3.8) is 0 Å². The molecule has 0 aliphatic carbocycles. The van der Waals surface area contributed by atoms with Gasteiger partial charge in [-0.3, -0.25) is 14.3 Å². The molecule has 0 N–H and O–H groups in total. The molecule has 8 heteroatoms. The van der Waals surface area contributed by atoms with Crippen LogP contribution in [0.1, 0.15) is 28.5 Å². The van der Waals surface area contributed by atoms with Gasteiger partial charge in [0.05, 0.1) is 18.7 Å². The summed E-state index contributed by atoms with van der Waals surface area (Å²) in [6.07, 6.45) is 2.09. The van der Waals surface area contributed by atoms with Crippen molar-refractivity contribution in [1.29, 1.82) is 0 Å². The second kappa shape index (κ2) is 8.22. The first-order valence-electron chi connectivity index (χ1n) is 7.26. The highest BCUT2D eigenvalue weighted by molar-refractivity contribution is 9.11. The van der Waals surface area contributed by atoms with Crippen molar-refractivity contribution in [3.8, 4) is 0 Å². The molecule has 0 aliphatic heterocycles. The first kappa shape index (κ1) is 19.1. The van der Waals surface area contributed by atoms with Crippen molar-refractivity contribution < 1.29 is 14.0 Å². The lowest BCUT2D eigenvalue weighted by Gasteiger charge is -2.26. The number of benzene rings is 1. The van der Waals surface area contributed by atoms with Crippen LogP contribution in [0, 0.1) is 0 Å². The van der Waals surface area contributed by atoms with E-state index in [1.165, 1.54) is 23.1 Å². The predicted molar refractivity (Wildman–Crippen MR) is 96.2 cm³/mol. The summed E-state index contributed by atoms with van der Waals surface area (Å²) >= 11 is 6.90. The van der Waals surface area contributed by atoms with E-state index in [9.17, 15) is 9.18 Å². The van der Waals surface area contributed by atoms with Crippen molar-refractivity contribution in [2.75, 3.05) is 7.11 Å². The molecule has 0 bridgehead atoms. The maximum Gasteiger partial charge on any atom is 0.281 e. The Morgan fingerprint density at radius 2 is 2.00 bits per heavy atom. The van der Waals surface area contributed by atoms with Gasteiger partial charge < -0.3 is 0 Å². The standard InChI is InChI=1S/C16H18Br2FN3O2/c1-10(4-11-5-12(17)7-13(18)6-11)22(24-3)16(23)14-9-21(2)20-15(14)8-19/h5-7,9-10H,4,8H2,1-3H3. The van der Waals surface area contributed by atoms with Crippen molar-refractivity contribution in [3.05, 3.63) is 50.2 Å². The zero-order chi connectivity index (χ0) is 17.9. The van der Waals surface area contributed by atoms with Gasteiger partial charge in [0.1, 0.15) is 12.4 Å². The van der Waals surface area contributed by atoms with Gasteiger partial charge in [0, 0.05) is 22.2 Å². The first-order valence-corrected chi connectivity index (χ1v) is 8.85. The lowest BCUT2D eigenvalue weighted by atomic mass is 10.1. The number of amides is 1. The van der Waals surface area contributed by atoms with Gasteiger partial charge in [-0.25, -0.2) is 9.45 Å². The van der Waals surface area contributed by atoms with E-state index in [0.29, 0.717) is 6.42 Å². The highest BCUT2D eigenvalue weighted by Gasteiger charge is 2.26. The third-order valence-corrected chi connectivity index (χ3v) is 4.43. The summed E-state index contributed by atoms with van der Waals surface area (Å²) < 4.78 is 16.4. The van der Waals surface area contributed by atoms with Crippen LogP contribution in [0.15, 0.2) is 33.3 Å². The van der Waals surface area contributed by atoms with E-state index < -0.39 is 12.6 Å². The summed E-state index contributed by atoms with van der Waals surface area (Å²) in [4.78, 5) is 18.0. The molecule has 0 radical (unpaired) electrons. The number of halogens is 3. The number of hydroxylamine groups is 2. The van der Waals surface area contributed by atoms with Gasteiger partial charge in [-0.1, -0.05) is 31.9 Å². The second-order valence-electron chi connectivity index (χ2n) is 5.44. The Labute approximate surface area is 157 Å². The predicted octanol–water partition coefficient (Wildman–Crippen LogP) is 4.05. The molecule has 1 atom stereocenters. The number of alkyl halides is 1. The zero-order valence-corrected chi connectivity index (χ0v) is 16.8. The highest BCUT2D eigenvalue weighted by atomic mass is 79.9. The fourth-order valence-corrected chi connectivity index (χ4v) is 3.93. The van der Waals surface area contributed by atoms with E-state index in [1.54, 1.807) is 7.05 Å². The highest BCUT2D eigenvalue weighted by Crippen LogP contribution is 2.22. The molecule has 24 heavy (non-hydrogen) atoms. The summed E-state index contributed by atoms with van der Waals surface area (Å²) in [5.74, 6) is -0.403. The van der Waals surface area contributed by atoms with Gasteiger partial charge in [-0.05, 0) is 37.1 Å². The van der Waals surface area contributed by atoms with Crippen LogP contribution in [0.3, 0.4) is 0 Å². The zero-order valence-electron chi connectivity index (χ0n) is 13.6. The van der Waals surface area contributed by atoms with E-state index in [4.69, 9.17) is 4.84 Å². The Hall–Kier alpha value is -1.25. The van der Waals surface area contributed by atoms with Crippen molar-refractivity contribution in [2.24, 2.45) is 7.05 Å². The Morgan fingerprint density at radius 1 is 1.38 bits per heavy atom. The SMILES string of the molecule is CON(C(=O)c1cn(C)nc1CF)C(C)Cc1cc(Br)cc(Br)c1. The van der Waals surface area contributed by atoms with Crippen LogP contribution < -0.4 is 0 Å². The molecule has 1 unspecified atom stereocenters. The summed E-state index contributed by atoms with van der Waals surface area (Å²) in [5, 5.41) is 5.21. The monoisotopic (exact) mass is 461 g/mol. The van der Waals surface area contributed by atoms with Crippen LogP contribution in [-0.4, -0.2) is 33.9 Å². The average molecular weight is 463 g/mol. The molecule has 1 heterocycles. The minimum absolute atomic E-state index is 0.113. The van der Waals surface area contributed by atoms with Crippen LogP contribution in [-0.2, 0) is 25.0 Å². The van der Waals surface area contributed by atoms with E-state index in [-0.39, 0.29) is 17.3 Å². The Kier molecular flexibility index (Phi) is 6.54. The fraction of sp³-hybridized carbons (Fsp3) is 0.375. The number of hydrogen-bond acceptors (Lipinski definition) is 3. The lowest BCUT2D eigenvalue weighted by Crippen LogP contribution is -2.39. The number of aryl methyl sites for hydroxylation is 1. The average Bonchev–Trinajstić information content (AvgIpc) is 2.87. The van der Waals surface area contributed by atoms with Crippen LogP contribution in [0.4, 0.5) is 4.39 Å². The van der Waals surface area contributed by atoms with Crippen molar-refractivity contribution in [1.82, 2.24) is 14.8 Å². The fourth-order valence-electron chi connectivity index (χ4n) is 2.55. The number of rotatable bonds is 6. The Morgan fingerprint density at radius 3 is 2.54 bits per heavy atom. The first-order chi connectivity index (χ1) is 11.3. The van der Waals surface area contributed by atoms with Gasteiger partial charge >= 0.3 is 0 Å². The number of carbonyl (C=O) groups excluding carboxylic acids is 1. The summed E-state index contributed by atoms with van der Waals surface area (Å²) in [6.45, 7) is 1.08. The Bertz CT molecular complexity index is 716. The van der Waals surface area contributed by atoms with Crippen LogP contribution >= 0.6 is 31.9 Å². The van der Waals surface area contributed by atoms with Gasteiger partial charge in [-0.15, -0.1) is 0 Å². The minimum Gasteiger partial charge on any atom is -0.275 e. The maximum absolute atomic E-state index is 13.1. The molecule has 0 saturated carbocycles. The van der Waals surface area contributed by atoms with Gasteiger partial charge in [0.2, 0.25) is 0 Å². The number of carbonyl (C=O) groups is 1. The molecule has 0 saturated heterocycles. The normalized spacial score (nSPS) is 12.2. The second-order valence-corrected chi connectivity index (χ2v) is 7.27. The largest absolute Gasteiger partial charge is 0.281 e. The van der Waals surface area contributed by atoms with E-state index >= 15 is 0 Å². The molecule has 0 aliphatic rings. The molecular weight excluding hydrogens is 445 g/mol. The van der Waals surface area contributed by atoms with Crippen molar-refractivity contribution in [2.45, 2.75) is 26.1 Å². The van der Waals surface area contributed by atoms with E-state index in [1.807, 2.05) is 25.1 Å². The number of hydrogen-bond donors (Lipinski definition) is 0. The molecule has 1 aromatic heterocycles. The molecule has 1 amide bonds. The molecule has 1 aromatic carbocycles. The van der Waals surface area contributed by atoms with Gasteiger partial charge in [0.15, 0.2) is 0 Å². The lowest BCUT2D eigenvalue weighted by molar-refractivity contribution is -0.119. The quantitative estimate of drug-likeness (QED) is 0.608. The minimum atomic E-state index is -0.799. The summed E-state index contributed by atoms with van der Waals surface area (Å²) in [7, 11) is 3.08. The molecule has 0 spiro atoms. The molecule has 2 rings (SSSR count).